The zero-order valence-electron chi connectivity index (χ0n) is 14.3. The number of unbranched alkanes of at least 4 members (excludes halogenated alkanes) is 1. The zero-order valence-corrected chi connectivity index (χ0v) is 15.2. The quantitative estimate of drug-likeness (QED) is 0.487. The van der Waals surface area contributed by atoms with Gasteiger partial charge in [0.05, 0.1) is 13.7 Å². The van der Waals surface area contributed by atoms with E-state index in [1.807, 2.05) is 22.8 Å². The van der Waals surface area contributed by atoms with E-state index in [1.54, 1.807) is 7.11 Å². The first-order valence-corrected chi connectivity index (χ1v) is 8.85. The summed E-state index contributed by atoms with van der Waals surface area (Å²) in [5, 5.41) is 10.4. The molecule has 3 rings (SSSR count). The Morgan fingerprint density at radius 1 is 1.38 bits per heavy atom. The fourth-order valence-electron chi connectivity index (χ4n) is 2.56. The fraction of sp³-hybridized carbons (Fsp3) is 0.278. The number of hydrogen-bond donors (Lipinski definition) is 2. The number of aliphatic hydroxyl groups excluding tert-OH is 1. The zero-order chi connectivity index (χ0) is 18.5. The van der Waals surface area contributed by atoms with E-state index in [1.165, 1.54) is 18.1 Å². The topological polar surface area (TPSA) is 99.1 Å². The number of nitrogens with zero attached hydrogens (tertiary/aromatic N) is 4. The third-order valence-corrected chi connectivity index (χ3v) is 4.98. The van der Waals surface area contributed by atoms with Crippen molar-refractivity contribution in [3.63, 3.8) is 0 Å². The van der Waals surface area contributed by atoms with Gasteiger partial charge in [-0.2, -0.15) is 0 Å². The summed E-state index contributed by atoms with van der Waals surface area (Å²) >= 11 is 1.44. The van der Waals surface area contributed by atoms with Gasteiger partial charge in [-0.15, -0.1) is 12.3 Å². The predicted molar refractivity (Wildman–Crippen MR) is 101 cm³/mol. The summed E-state index contributed by atoms with van der Waals surface area (Å²) in [5.74, 6) is 3.67. The first-order valence-electron chi connectivity index (χ1n) is 8.03. The van der Waals surface area contributed by atoms with Crippen molar-refractivity contribution < 1.29 is 9.84 Å². The second kappa shape index (κ2) is 8.08. The molecule has 3 N–H and O–H groups in total. The summed E-state index contributed by atoms with van der Waals surface area (Å²) in [4.78, 5) is 13.8. The van der Waals surface area contributed by atoms with E-state index in [0.717, 1.165) is 22.0 Å². The van der Waals surface area contributed by atoms with Crippen LogP contribution >= 0.6 is 11.8 Å². The molecule has 0 bridgehead atoms. The number of nitrogen functional groups attached to an aromatic ring is 1. The number of methoxy groups -OCH3 is 1. The van der Waals surface area contributed by atoms with Crippen LogP contribution in [0, 0.1) is 12.3 Å². The number of imidazole rings is 1. The number of benzene rings is 1. The molecule has 26 heavy (non-hydrogen) atoms. The number of nitrogens with two attached hydrogens (primary N) is 1. The minimum absolute atomic E-state index is 0.0984. The van der Waals surface area contributed by atoms with Gasteiger partial charge in [-0.25, -0.2) is 15.0 Å². The number of ether oxygens (including phenoxy) is 1. The third-order valence-electron chi connectivity index (χ3n) is 3.87. The van der Waals surface area contributed by atoms with Crippen LogP contribution in [0.15, 0.2) is 34.6 Å². The van der Waals surface area contributed by atoms with Crippen LogP contribution in [0.2, 0.25) is 0 Å². The molecular formula is C18H19N5O2S. The van der Waals surface area contributed by atoms with Crippen LogP contribution in [0.4, 0.5) is 5.82 Å². The Bertz CT molecular complexity index is 964. The summed E-state index contributed by atoms with van der Waals surface area (Å²) < 4.78 is 7.21. The molecule has 2 heterocycles. The predicted octanol–water partition coefficient (Wildman–Crippen LogP) is 2.47. The molecule has 0 saturated heterocycles. The van der Waals surface area contributed by atoms with Gasteiger partial charge < -0.3 is 20.1 Å². The fourth-order valence-corrected chi connectivity index (χ4v) is 3.57. The second-order valence-corrected chi connectivity index (χ2v) is 6.53. The lowest BCUT2D eigenvalue weighted by atomic mass is 10.2. The van der Waals surface area contributed by atoms with Gasteiger partial charge in [0.2, 0.25) is 0 Å². The van der Waals surface area contributed by atoms with Gasteiger partial charge in [0, 0.05) is 17.9 Å². The Morgan fingerprint density at radius 3 is 2.96 bits per heavy atom. The molecule has 7 nitrogen and oxygen atoms in total. The van der Waals surface area contributed by atoms with Gasteiger partial charge in [-0.1, -0.05) is 11.8 Å². The van der Waals surface area contributed by atoms with Crippen molar-refractivity contribution in [2.75, 3.05) is 12.8 Å². The van der Waals surface area contributed by atoms with Crippen LogP contribution in [0.1, 0.15) is 18.4 Å². The van der Waals surface area contributed by atoms with Gasteiger partial charge in [0.1, 0.15) is 12.1 Å². The first kappa shape index (κ1) is 18.0. The number of anilines is 1. The molecule has 0 saturated carbocycles. The normalized spacial score (nSPS) is 10.8. The lowest BCUT2D eigenvalue weighted by Crippen LogP contribution is -2.02. The highest BCUT2D eigenvalue weighted by molar-refractivity contribution is 7.99. The summed E-state index contributed by atoms with van der Waals surface area (Å²) in [5.41, 5.74) is 7.96. The number of aliphatic hydroxyl groups is 1. The maximum atomic E-state index is 9.68. The molecule has 0 atom stereocenters. The number of terminal acetylenes is 1. The van der Waals surface area contributed by atoms with Gasteiger partial charge in [-0.05, 0) is 30.2 Å². The third kappa shape index (κ3) is 3.59. The van der Waals surface area contributed by atoms with Gasteiger partial charge in [0.25, 0.3) is 0 Å². The molecule has 3 aromatic rings. The van der Waals surface area contributed by atoms with Gasteiger partial charge in [-0.3, -0.25) is 0 Å². The van der Waals surface area contributed by atoms with E-state index in [-0.39, 0.29) is 6.61 Å². The maximum Gasteiger partial charge on any atom is 0.175 e. The van der Waals surface area contributed by atoms with E-state index in [9.17, 15) is 5.11 Å². The SMILES string of the molecule is C#CCCCn1c(Sc2ccc(OC)cc2CO)nc2c(N)ncnc21. The van der Waals surface area contributed by atoms with Crippen molar-refractivity contribution in [3.05, 3.63) is 30.1 Å². The van der Waals surface area contributed by atoms with Crippen molar-refractivity contribution in [1.82, 2.24) is 19.5 Å². The molecule has 0 aliphatic rings. The highest BCUT2D eigenvalue weighted by Crippen LogP contribution is 2.34. The molecule has 1 aromatic carbocycles. The molecule has 0 radical (unpaired) electrons. The summed E-state index contributed by atoms with van der Waals surface area (Å²) in [6.07, 6.45) is 8.26. The standard InChI is InChI=1S/C18H19N5O2S/c1-3-4-5-8-23-17-15(16(19)20-11-21-17)22-18(23)26-14-7-6-13(25-2)9-12(14)10-24/h1,6-7,9,11,24H,4-5,8,10H2,2H3,(H2,19,20,21). The van der Waals surface area contributed by atoms with Crippen molar-refractivity contribution >= 4 is 28.7 Å². The monoisotopic (exact) mass is 369 g/mol. The average Bonchev–Trinajstić information content (AvgIpc) is 3.01. The summed E-state index contributed by atoms with van der Waals surface area (Å²) in [6, 6.07) is 5.55. The van der Waals surface area contributed by atoms with Crippen molar-refractivity contribution in [2.45, 2.75) is 36.0 Å². The molecule has 0 aliphatic heterocycles. The summed E-state index contributed by atoms with van der Waals surface area (Å²) in [6.45, 7) is 0.572. The average molecular weight is 369 g/mol. The van der Waals surface area contributed by atoms with Gasteiger partial charge in [0.15, 0.2) is 22.1 Å². The Balaban J connectivity index is 2.03. The lowest BCUT2D eigenvalue weighted by Gasteiger charge is -2.11. The van der Waals surface area contributed by atoms with E-state index in [2.05, 4.69) is 20.9 Å². The summed E-state index contributed by atoms with van der Waals surface area (Å²) in [7, 11) is 1.59. The minimum Gasteiger partial charge on any atom is -0.497 e. The van der Waals surface area contributed by atoms with Crippen LogP contribution in [0.25, 0.3) is 11.2 Å². The second-order valence-electron chi connectivity index (χ2n) is 5.52. The minimum atomic E-state index is -0.0984. The molecule has 134 valence electrons. The van der Waals surface area contributed by atoms with Crippen molar-refractivity contribution in [1.29, 1.82) is 0 Å². The van der Waals surface area contributed by atoms with Crippen LogP contribution in [0.5, 0.6) is 5.75 Å². The maximum absolute atomic E-state index is 9.68. The number of rotatable bonds is 7. The molecule has 0 amide bonds. The Morgan fingerprint density at radius 2 is 2.23 bits per heavy atom. The van der Waals surface area contributed by atoms with Crippen molar-refractivity contribution in [2.24, 2.45) is 0 Å². The molecule has 2 aromatic heterocycles. The molecule has 0 spiro atoms. The van der Waals surface area contributed by atoms with Crippen LogP contribution < -0.4 is 10.5 Å². The van der Waals surface area contributed by atoms with Gasteiger partial charge >= 0.3 is 0 Å². The Hall–Kier alpha value is -2.76. The number of hydrogen-bond acceptors (Lipinski definition) is 7. The van der Waals surface area contributed by atoms with E-state index in [4.69, 9.17) is 16.9 Å². The largest absolute Gasteiger partial charge is 0.497 e. The van der Waals surface area contributed by atoms with E-state index in [0.29, 0.717) is 35.7 Å². The molecule has 0 fully saturated rings. The van der Waals surface area contributed by atoms with Crippen molar-refractivity contribution in [3.8, 4) is 18.1 Å². The Kier molecular flexibility index (Phi) is 5.61. The highest BCUT2D eigenvalue weighted by atomic mass is 32.2. The van der Waals surface area contributed by atoms with E-state index < -0.39 is 0 Å². The molecule has 8 heteroatoms. The number of aromatic nitrogens is 4. The smallest absolute Gasteiger partial charge is 0.175 e. The molecular weight excluding hydrogens is 350 g/mol. The first-order chi connectivity index (χ1) is 12.7. The van der Waals surface area contributed by atoms with Crippen LogP contribution in [-0.2, 0) is 13.2 Å². The van der Waals surface area contributed by atoms with Crippen LogP contribution in [-0.4, -0.2) is 31.7 Å². The lowest BCUT2D eigenvalue weighted by molar-refractivity contribution is 0.278. The van der Waals surface area contributed by atoms with E-state index >= 15 is 0 Å². The van der Waals surface area contributed by atoms with Crippen LogP contribution in [0.3, 0.4) is 0 Å². The molecule has 0 unspecified atom stereocenters. The molecule has 0 aliphatic carbocycles. The highest BCUT2D eigenvalue weighted by Gasteiger charge is 2.17. The Labute approximate surface area is 155 Å². The number of fused-ring (bicyclic) bond motifs is 1. The number of aryl methyl sites for hydroxylation is 1.